The van der Waals surface area contributed by atoms with Crippen LogP contribution in [0.5, 0.6) is 0 Å². The van der Waals surface area contributed by atoms with E-state index in [1.165, 1.54) is 7.05 Å². The molecule has 84 valence electrons. The van der Waals surface area contributed by atoms with Crippen LogP contribution in [-0.2, 0) is 11.0 Å². The van der Waals surface area contributed by atoms with Gasteiger partial charge in [0.2, 0.25) is 0 Å². The van der Waals surface area contributed by atoms with Gasteiger partial charge in [-0.1, -0.05) is 30.3 Å². The molecule has 0 spiro atoms. The Kier molecular flexibility index (Phi) is 4.05. The van der Waals surface area contributed by atoms with Crippen molar-refractivity contribution in [1.29, 1.82) is 0 Å². The van der Waals surface area contributed by atoms with Gasteiger partial charge in [0.25, 0.3) is 0 Å². The Hall–Kier alpha value is -0.670. The van der Waals surface area contributed by atoms with Crippen molar-refractivity contribution < 1.29 is 17.2 Å². The molecule has 0 saturated carbocycles. The molecule has 0 aliphatic heterocycles. The summed E-state index contributed by atoms with van der Waals surface area (Å²) in [6.07, 6.45) is 0.627. The molecular weight excluding hydrogens is 213 g/mol. The second-order valence-corrected chi connectivity index (χ2v) is 5.28. The number of hydrogen-bond acceptors (Lipinski definition) is 1. The second kappa shape index (κ2) is 4.90. The van der Waals surface area contributed by atoms with Crippen LogP contribution >= 0.6 is 7.75 Å². The van der Waals surface area contributed by atoms with E-state index in [1.807, 2.05) is 30.3 Å². The predicted molar refractivity (Wildman–Crippen MR) is 61.6 cm³/mol. The maximum atomic E-state index is 11.0. The summed E-state index contributed by atoms with van der Waals surface area (Å²) in [6, 6.07) is 9.46. The molecule has 4 nitrogen and oxygen atoms in total. The summed E-state index contributed by atoms with van der Waals surface area (Å²) >= 11 is 0. The lowest BCUT2D eigenvalue weighted by atomic mass is 10.1. The Balaban J connectivity index is 0. The molecular formula is C10H18NO3P+2. The van der Waals surface area contributed by atoms with Crippen LogP contribution in [-0.4, -0.2) is 27.5 Å². The molecule has 5 heteroatoms. The van der Waals surface area contributed by atoms with Gasteiger partial charge in [-0.25, -0.2) is 9.24 Å². The van der Waals surface area contributed by atoms with Crippen LogP contribution in [0.1, 0.15) is 15.3 Å². The highest BCUT2D eigenvalue weighted by atomic mass is 31.2. The van der Waals surface area contributed by atoms with Crippen LogP contribution in [0.2, 0.25) is 0 Å². The number of benzene rings is 1. The number of likely N-dealkylation sites (N-methyl/N-ethyl adjacent to an activating group) is 1. The maximum Gasteiger partial charge on any atom is 1.00 e. The second-order valence-electron chi connectivity index (χ2n) is 3.63. The molecule has 0 bridgehead atoms. The minimum atomic E-state index is -4.12. The van der Waals surface area contributed by atoms with Gasteiger partial charge >= 0.3 is 10.6 Å². The summed E-state index contributed by atoms with van der Waals surface area (Å²) in [4.78, 5) is 17.9. The summed E-state index contributed by atoms with van der Waals surface area (Å²) in [5, 5.41) is 0. The molecule has 0 saturated heterocycles. The molecule has 0 aliphatic carbocycles. The largest absolute Gasteiger partial charge is 1.00 e. The monoisotopic (exact) mass is 231 g/mol. The minimum absolute atomic E-state index is 0. The van der Waals surface area contributed by atoms with Crippen LogP contribution in [0, 0.1) is 0 Å². The fourth-order valence-electron chi connectivity index (χ4n) is 1.34. The number of hydrogen-bond donors (Lipinski definition) is 2. The summed E-state index contributed by atoms with van der Waals surface area (Å²) in [5.41, 5.74) is 1.07. The van der Waals surface area contributed by atoms with Crippen molar-refractivity contribution in [2.45, 2.75) is 19.4 Å². The molecule has 2 N–H and O–H groups in total. The SMILES string of the molecule is CC(Cc1ccccc1)N(C)P(=O)(O)O.[H+].[H+]. The molecule has 1 aromatic carbocycles. The number of rotatable bonds is 4. The Labute approximate surface area is 92.7 Å². The molecule has 1 unspecified atom stereocenters. The highest BCUT2D eigenvalue weighted by Crippen LogP contribution is 2.40. The third kappa shape index (κ3) is 3.76. The molecule has 1 atom stereocenters. The molecule has 0 aromatic heterocycles. The Morgan fingerprint density at radius 3 is 2.40 bits per heavy atom. The van der Waals surface area contributed by atoms with Gasteiger partial charge < -0.3 is 9.79 Å². The number of nitrogens with zero attached hydrogens (tertiary/aromatic N) is 1. The van der Waals surface area contributed by atoms with Crippen molar-refractivity contribution in [2.75, 3.05) is 7.05 Å². The Morgan fingerprint density at radius 1 is 1.40 bits per heavy atom. The van der Waals surface area contributed by atoms with E-state index in [2.05, 4.69) is 0 Å². The first-order valence-corrected chi connectivity index (χ1v) is 6.30. The highest BCUT2D eigenvalue weighted by molar-refractivity contribution is 7.49. The molecule has 15 heavy (non-hydrogen) atoms. The summed E-state index contributed by atoms with van der Waals surface area (Å²) in [5.74, 6) is 0. The van der Waals surface area contributed by atoms with Gasteiger partial charge in [0.1, 0.15) is 0 Å². The fraction of sp³-hybridized carbons (Fsp3) is 0.400. The van der Waals surface area contributed by atoms with E-state index in [0.717, 1.165) is 10.2 Å². The van der Waals surface area contributed by atoms with E-state index in [1.54, 1.807) is 6.92 Å². The van der Waals surface area contributed by atoms with Crippen molar-refractivity contribution in [3.05, 3.63) is 35.9 Å². The summed E-state index contributed by atoms with van der Waals surface area (Å²) in [7, 11) is -2.68. The van der Waals surface area contributed by atoms with Gasteiger partial charge in [-0.15, -0.1) is 0 Å². The van der Waals surface area contributed by atoms with Gasteiger partial charge in [-0.05, 0) is 26.0 Å². The third-order valence-electron chi connectivity index (χ3n) is 2.42. The zero-order valence-electron chi connectivity index (χ0n) is 10.9. The van der Waals surface area contributed by atoms with Crippen LogP contribution < -0.4 is 0 Å². The maximum absolute atomic E-state index is 11.0. The van der Waals surface area contributed by atoms with Gasteiger partial charge in [0, 0.05) is 6.04 Å². The van der Waals surface area contributed by atoms with Gasteiger partial charge in [-0.3, -0.25) is 0 Å². The zero-order chi connectivity index (χ0) is 11.5. The van der Waals surface area contributed by atoms with E-state index >= 15 is 0 Å². The average molecular weight is 231 g/mol. The first-order chi connectivity index (χ1) is 6.91. The van der Waals surface area contributed by atoms with E-state index in [0.29, 0.717) is 6.42 Å². The highest BCUT2D eigenvalue weighted by Gasteiger charge is 2.25. The molecule has 0 radical (unpaired) electrons. The predicted octanol–water partition coefficient (Wildman–Crippen LogP) is 1.87. The van der Waals surface area contributed by atoms with Crippen molar-refractivity contribution in [1.82, 2.24) is 4.67 Å². The lowest BCUT2D eigenvalue weighted by molar-refractivity contribution is 0.260. The topological polar surface area (TPSA) is 60.8 Å². The lowest BCUT2D eigenvalue weighted by Crippen LogP contribution is -2.27. The molecule has 0 fully saturated rings. The van der Waals surface area contributed by atoms with Crippen LogP contribution in [0.15, 0.2) is 30.3 Å². The summed E-state index contributed by atoms with van der Waals surface area (Å²) < 4.78 is 12.1. The summed E-state index contributed by atoms with van der Waals surface area (Å²) in [6.45, 7) is 1.80. The van der Waals surface area contributed by atoms with Gasteiger partial charge in [0.15, 0.2) is 0 Å². The fourth-order valence-corrected chi connectivity index (χ4v) is 1.94. The smallest absolute Gasteiger partial charge is 0.312 e. The molecule has 1 rings (SSSR count). The van der Waals surface area contributed by atoms with Gasteiger partial charge in [0.05, 0.1) is 0 Å². The van der Waals surface area contributed by atoms with E-state index in [9.17, 15) is 4.57 Å². The van der Waals surface area contributed by atoms with Crippen molar-refractivity contribution in [3.8, 4) is 0 Å². The van der Waals surface area contributed by atoms with E-state index < -0.39 is 7.75 Å². The third-order valence-corrected chi connectivity index (χ3v) is 3.64. The van der Waals surface area contributed by atoms with Crippen LogP contribution in [0.25, 0.3) is 0 Å². The average Bonchev–Trinajstić information content (AvgIpc) is 2.16. The normalized spacial score (nSPS) is 14.2. The Bertz CT molecular complexity index is 358. The molecule has 0 aliphatic rings. The first kappa shape index (κ1) is 12.4. The van der Waals surface area contributed by atoms with E-state index in [4.69, 9.17) is 9.79 Å². The first-order valence-electron chi connectivity index (χ1n) is 4.74. The standard InChI is InChI=1S/C10H16NO3P/c1-9(11(2)15(12,13)14)8-10-6-4-3-5-7-10/h3-7,9H,8H2,1-2H3,(H2,12,13,14)/p+2. The Morgan fingerprint density at radius 2 is 1.93 bits per heavy atom. The van der Waals surface area contributed by atoms with Crippen LogP contribution in [0.3, 0.4) is 0 Å². The van der Waals surface area contributed by atoms with Gasteiger partial charge in [-0.2, -0.15) is 0 Å². The lowest BCUT2D eigenvalue weighted by Gasteiger charge is -2.24. The quantitative estimate of drug-likeness (QED) is 0.776. The van der Waals surface area contributed by atoms with Crippen molar-refractivity contribution >= 4 is 7.75 Å². The molecule has 1 aromatic rings. The zero-order valence-corrected chi connectivity index (χ0v) is 9.76. The van der Waals surface area contributed by atoms with Crippen molar-refractivity contribution in [3.63, 3.8) is 0 Å². The molecule has 0 amide bonds. The van der Waals surface area contributed by atoms with Crippen molar-refractivity contribution in [2.24, 2.45) is 0 Å². The van der Waals surface area contributed by atoms with E-state index in [-0.39, 0.29) is 8.90 Å². The molecule has 0 heterocycles. The minimum Gasteiger partial charge on any atom is -0.312 e. The van der Waals surface area contributed by atoms with Crippen LogP contribution in [0.4, 0.5) is 0 Å².